The standard InChI is InChI=1S/C14H17NO5S/c1-19-11-5-3-4-9(12(11)20-2)13(16)15-6-7-21-8-10(15)14(17)18/h3-5,10H,6-8H2,1-2H3,(H,17,18). The molecule has 1 saturated heterocycles. The molecule has 1 aromatic carbocycles. The summed E-state index contributed by atoms with van der Waals surface area (Å²) < 4.78 is 10.4. The molecule has 0 radical (unpaired) electrons. The summed E-state index contributed by atoms with van der Waals surface area (Å²) in [6.07, 6.45) is 0. The van der Waals surface area contributed by atoms with Crippen LogP contribution >= 0.6 is 11.8 Å². The minimum atomic E-state index is -0.989. The fourth-order valence-corrected chi connectivity index (χ4v) is 3.30. The van der Waals surface area contributed by atoms with Crippen LogP contribution in [-0.2, 0) is 4.79 Å². The fourth-order valence-electron chi connectivity index (χ4n) is 2.26. The normalized spacial score (nSPS) is 18.2. The Labute approximate surface area is 127 Å². The van der Waals surface area contributed by atoms with E-state index in [-0.39, 0.29) is 5.91 Å². The van der Waals surface area contributed by atoms with Gasteiger partial charge in [0.05, 0.1) is 19.8 Å². The molecule has 114 valence electrons. The number of hydrogen-bond donors (Lipinski definition) is 1. The van der Waals surface area contributed by atoms with Crippen LogP contribution < -0.4 is 9.47 Å². The van der Waals surface area contributed by atoms with E-state index < -0.39 is 12.0 Å². The van der Waals surface area contributed by atoms with Gasteiger partial charge in [-0.2, -0.15) is 11.8 Å². The maximum atomic E-state index is 12.7. The highest BCUT2D eigenvalue weighted by atomic mass is 32.2. The maximum Gasteiger partial charge on any atom is 0.327 e. The lowest BCUT2D eigenvalue weighted by Crippen LogP contribution is -2.50. The number of aliphatic carboxylic acids is 1. The predicted octanol–water partition coefficient (Wildman–Crippen LogP) is 1.35. The third-order valence-corrected chi connectivity index (χ3v) is 4.33. The third-order valence-electron chi connectivity index (χ3n) is 3.31. The number of nitrogens with zero attached hydrogens (tertiary/aromatic N) is 1. The minimum absolute atomic E-state index is 0.315. The zero-order chi connectivity index (χ0) is 15.4. The van der Waals surface area contributed by atoms with Gasteiger partial charge in [-0.25, -0.2) is 4.79 Å². The van der Waals surface area contributed by atoms with Crippen LogP contribution in [0.4, 0.5) is 0 Å². The molecule has 0 aliphatic carbocycles. The number of hydrogen-bond acceptors (Lipinski definition) is 5. The van der Waals surface area contributed by atoms with Crippen LogP contribution in [0.1, 0.15) is 10.4 Å². The first kappa shape index (κ1) is 15.5. The monoisotopic (exact) mass is 311 g/mol. The maximum absolute atomic E-state index is 12.7. The second-order valence-electron chi connectivity index (χ2n) is 4.47. The van der Waals surface area contributed by atoms with Crippen LogP contribution in [0, 0.1) is 0 Å². The van der Waals surface area contributed by atoms with E-state index in [2.05, 4.69) is 0 Å². The van der Waals surface area contributed by atoms with Crippen molar-refractivity contribution < 1.29 is 24.2 Å². The molecule has 7 heteroatoms. The molecule has 1 aromatic rings. The van der Waals surface area contributed by atoms with E-state index in [1.807, 2.05) is 0 Å². The molecule has 0 saturated carbocycles. The Bertz CT molecular complexity index is 548. The van der Waals surface area contributed by atoms with Crippen LogP contribution in [-0.4, -0.2) is 60.2 Å². The summed E-state index contributed by atoms with van der Waals surface area (Å²) in [6.45, 7) is 0.404. The Balaban J connectivity index is 2.36. The predicted molar refractivity (Wildman–Crippen MR) is 79.3 cm³/mol. The lowest BCUT2D eigenvalue weighted by molar-refractivity contribution is -0.141. The first-order valence-electron chi connectivity index (χ1n) is 6.42. The molecule has 1 N–H and O–H groups in total. The largest absolute Gasteiger partial charge is 0.493 e. The van der Waals surface area contributed by atoms with E-state index in [0.29, 0.717) is 29.4 Å². The van der Waals surface area contributed by atoms with Crippen LogP contribution in [0.2, 0.25) is 0 Å². The highest BCUT2D eigenvalue weighted by Gasteiger charge is 2.34. The van der Waals surface area contributed by atoms with Crippen molar-refractivity contribution in [1.82, 2.24) is 4.90 Å². The summed E-state index contributed by atoms with van der Waals surface area (Å²) in [5, 5.41) is 9.27. The summed E-state index contributed by atoms with van der Waals surface area (Å²) in [6, 6.07) is 4.18. The van der Waals surface area contributed by atoms with E-state index in [4.69, 9.17) is 9.47 Å². The Hall–Kier alpha value is -1.89. The number of carboxylic acid groups (broad SMARTS) is 1. The summed E-state index contributed by atoms with van der Waals surface area (Å²) in [5.41, 5.74) is 0.315. The first-order chi connectivity index (χ1) is 10.1. The van der Waals surface area contributed by atoms with Gasteiger partial charge in [-0.05, 0) is 12.1 Å². The van der Waals surface area contributed by atoms with Crippen LogP contribution in [0.5, 0.6) is 11.5 Å². The van der Waals surface area contributed by atoms with Crippen molar-refractivity contribution in [3.63, 3.8) is 0 Å². The topological polar surface area (TPSA) is 76.1 Å². The number of carbonyl (C=O) groups is 2. The number of carbonyl (C=O) groups excluding carboxylic acids is 1. The third kappa shape index (κ3) is 3.07. The zero-order valence-electron chi connectivity index (χ0n) is 11.9. The average Bonchev–Trinajstić information content (AvgIpc) is 2.53. The number of amides is 1. The van der Waals surface area contributed by atoms with E-state index >= 15 is 0 Å². The zero-order valence-corrected chi connectivity index (χ0v) is 12.7. The summed E-state index contributed by atoms with van der Waals surface area (Å²) >= 11 is 1.53. The van der Waals surface area contributed by atoms with Crippen molar-refractivity contribution in [3.05, 3.63) is 23.8 Å². The van der Waals surface area contributed by atoms with Crippen molar-refractivity contribution in [2.24, 2.45) is 0 Å². The van der Waals surface area contributed by atoms with Gasteiger partial charge in [0, 0.05) is 18.1 Å². The Morgan fingerprint density at radius 1 is 1.33 bits per heavy atom. The molecule has 1 atom stereocenters. The first-order valence-corrected chi connectivity index (χ1v) is 7.58. The summed E-state index contributed by atoms with van der Waals surface area (Å²) in [5.74, 6) is 0.555. The molecule has 1 aliphatic rings. The lowest BCUT2D eigenvalue weighted by atomic mass is 10.1. The molecule has 0 bridgehead atoms. The van der Waals surface area contributed by atoms with Gasteiger partial charge in [0.25, 0.3) is 5.91 Å². The number of rotatable bonds is 4. The van der Waals surface area contributed by atoms with Gasteiger partial charge in [0.15, 0.2) is 11.5 Å². The molecule has 2 rings (SSSR count). The molecule has 1 heterocycles. The lowest BCUT2D eigenvalue weighted by Gasteiger charge is -2.33. The molecule has 21 heavy (non-hydrogen) atoms. The highest BCUT2D eigenvalue weighted by molar-refractivity contribution is 7.99. The molecule has 0 spiro atoms. The van der Waals surface area contributed by atoms with Crippen molar-refractivity contribution in [1.29, 1.82) is 0 Å². The van der Waals surface area contributed by atoms with Crippen molar-refractivity contribution in [2.75, 3.05) is 32.3 Å². The average molecular weight is 311 g/mol. The Morgan fingerprint density at radius 3 is 2.71 bits per heavy atom. The van der Waals surface area contributed by atoms with Crippen LogP contribution in [0.25, 0.3) is 0 Å². The number of benzene rings is 1. The van der Waals surface area contributed by atoms with E-state index in [9.17, 15) is 14.7 Å². The quantitative estimate of drug-likeness (QED) is 0.904. The van der Waals surface area contributed by atoms with Crippen molar-refractivity contribution >= 4 is 23.6 Å². The Kier molecular flexibility index (Phi) is 4.95. The molecule has 0 aromatic heterocycles. The minimum Gasteiger partial charge on any atom is -0.493 e. The molecule has 1 aliphatic heterocycles. The highest BCUT2D eigenvalue weighted by Crippen LogP contribution is 2.32. The van der Waals surface area contributed by atoms with Gasteiger partial charge in [-0.15, -0.1) is 0 Å². The number of thioether (sulfide) groups is 1. The number of methoxy groups -OCH3 is 2. The molecule has 1 amide bonds. The van der Waals surface area contributed by atoms with E-state index in [1.54, 1.807) is 18.2 Å². The van der Waals surface area contributed by atoms with Crippen LogP contribution in [0.3, 0.4) is 0 Å². The van der Waals surface area contributed by atoms with Gasteiger partial charge >= 0.3 is 5.97 Å². The van der Waals surface area contributed by atoms with Crippen LogP contribution in [0.15, 0.2) is 18.2 Å². The number of para-hydroxylation sites is 1. The van der Waals surface area contributed by atoms with Gasteiger partial charge in [-0.3, -0.25) is 4.79 Å². The number of ether oxygens (including phenoxy) is 2. The summed E-state index contributed by atoms with van der Waals surface area (Å²) in [7, 11) is 2.94. The van der Waals surface area contributed by atoms with Crippen molar-refractivity contribution in [2.45, 2.75) is 6.04 Å². The van der Waals surface area contributed by atoms with Gasteiger partial charge < -0.3 is 19.5 Å². The second-order valence-corrected chi connectivity index (χ2v) is 5.62. The van der Waals surface area contributed by atoms with E-state index in [1.165, 1.54) is 30.9 Å². The summed E-state index contributed by atoms with van der Waals surface area (Å²) in [4.78, 5) is 25.4. The molecule has 1 unspecified atom stereocenters. The SMILES string of the molecule is COc1cccc(C(=O)N2CCSCC2C(=O)O)c1OC. The Morgan fingerprint density at radius 2 is 2.10 bits per heavy atom. The van der Waals surface area contributed by atoms with Gasteiger partial charge in [-0.1, -0.05) is 6.07 Å². The van der Waals surface area contributed by atoms with Gasteiger partial charge in [0.2, 0.25) is 0 Å². The molecular weight excluding hydrogens is 294 g/mol. The van der Waals surface area contributed by atoms with E-state index in [0.717, 1.165) is 5.75 Å². The number of carboxylic acids is 1. The molecular formula is C14H17NO5S. The van der Waals surface area contributed by atoms with Gasteiger partial charge in [0.1, 0.15) is 6.04 Å². The van der Waals surface area contributed by atoms with Crippen molar-refractivity contribution in [3.8, 4) is 11.5 Å². The molecule has 1 fully saturated rings. The fraction of sp³-hybridized carbons (Fsp3) is 0.429. The smallest absolute Gasteiger partial charge is 0.327 e. The molecule has 6 nitrogen and oxygen atoms in total. The second kappa shape index (κ2) is 6.71.